The van der Waals surface area contributed by atoms with Crippen LogP contribution in [-0.4, -0.2) is 0 Å². The van der Waals surface area contributed by atoms with Crippen molar-refractivity contribution in [2.75, 3.05) is 4.90 Å². The highest BCUT2D eigenvalue weighted by atomic mass is 32.1. The number of hydrogen-bond donors (Lipinski definition) is 0. The maximum atomic E-state index is 2.42. The van der Waals surface area contributed by atoms with Crippen LogP contribution in [-0.2, 0) is 5.41 Å². The molecule has 9 aromatic carbocycles. The topological polar surface area (TPSA) is 3.24 Å². The summed E-state index contributed by atoms with van der Waals surface area (Å²) in [4.78, 5) is 2.42. The Kier molecular flexibility index (Phi) is 7.77. The van der Waals surface area contributed by atoms with Crippen LogP contribution in [0, 0.1) is 0 Å². The summed E-state index contributed by atoms with van der Waals surface area (Å²) in [5.74, 6) is 0. The third kappa shape index (κ3) is 5.44. The van der Waals surface area contributed by atoms with Crippen LogP contribution in [0.3, 0.4) is 0 Å². The summed E-state index contributed by atoms with van der Waals surface area (Å²) in [5, 5.41) is 5.13. The molecule has 2 heteroatoms. The van der Waals surface area contributed by atoms with E-state index in [1.165, 1.54) is 86.6 Å². The molecule has 0 atom stereocenters. The van der Waals surface area contributed by atoms with Gasteiger partial charge in [-0.15, -0.1) is 11.3 Å². The third-order valence-electron chi connectivity index (χ3n) is 12.1. The predicted octanol–water partition coefficient (Wildman–Crippen LogP) is 16.0. The van der Waals surface area contributed by atoms with Gasteiger partial charge in [0.2, 0.25) is 0 Å². The molecule has 1 aromatic heterocycles. The fraction of sp³-hybridized carbons (Fsp3) is 0.0545. The lowest BCUT2D eigenvalue weighted by atomic mass is 9.81. The summed E-state index contributed by atoms with van der Waals surface area (Å²) in [5.41, 5.74) is 16.2. The number of thiophene rings is 1. The molecule has 0 fully saturated rings. The van der Waals surface area contributed by atoms with E-state index in [9.17, 15) is 0 Å². The number of benzene rings is 9. The molecule has 0 bridgehead atoms. The van der Waals surface area contributed by atoms with Gasteiger partial charge in [-0.25, -0.2) is 0 Å². The summed E-state index contributed by atoms with van der Waals surface area (Å²) < 4.78 is 2.64. The number of nitrogens with zero attached hydrogens (tertiary/aromatic N) is 1. The molecular formula is C55H39NS. The van der Waals surface area contributed by atoms with Crippen LogP contribution in [0.5, 0.6) is 0 Å². The van der Waals surface area contributed by atoms with Crippen molar-refractivity contribution in [2.24, 2.45) is 0 Å². The molecule has 0 radical (unpaired) electrons. The van der Waals surface area contributed by atoms with E-state index >= 15 is 0 Å². The first kappa shape index (κ1) is 33.6. The fourth-order valence-corrected chi connectivity index (χ4v) is 10.4. The minimum atomic E-state index is -0.0434. The van der Waals surface area contributed by atoms with Crippen molar-refractivity contribution in [1.29, 1.82) is 0 Å². The second-order valence-corrected chi connectivity index (χ2v) is 16.8. The second-order valence-electron chi connectivity index (χ2n) is 15.7. The third-order valence-corrected chi connectivity index (χ3v) is 13.2. The molecule has 10 aromatic rings. The van der Waals surface area contributed by atoms with Crippen molar-refractivity contribution in [1.82, 2.24) is 0 Å². The molecule has 0 unspecified atom stereocenters. The summed E-state index contributed by atoms with van der Waals surface area (Å²) in [7, 11) is 0. The Hall–Kier alpha value is -6.74. The van der Waals surface area contributed by atoms with Gasteiger partial charge in [-0.05, 0) is 109 Å². The Morgan fingerprint density at radius 3 is 1.77 bits per heavy atom. The first-order valence-corrected chi connectivity index (χ1v) is 20.6. The van der Waals surface area contributed by atoms with Gasteiger partial charge in [0.15, 0.2) is 0 Å². The highest BCUT2D eigenvalue weighted by Gasteiger charge is 2.35. The summed E-state index contributed by atoms with van der Waals surface area (Å²) in [6.07, 6.45) is 0. The van der Waals surface area contributed by atoms with Crippen LogP contribution in [0.1, 0.15) is 25.0 Å². The molecular weight excluding hydrogens is 707 g/mol. The normalized spacial score (nSPS) is 12.9. The van der Waals surface area contributed by atoms with E-state index in [4.69, 9.17) is 0 Å². The van der Waals surface area contributed by atoms with Crippen molar-refractivity contribution in [3.8, 4) is 44.5 Å². The number of fused-ring (bicyclic) bond motifs is 7. The summed E-state index contributed by atoms with van der Waals surface area (Å²) in [6.45, 7) is 4.70. The van der Waals surface area contributed by atoms with E-state index in [0.717, 1.165) is 17.1 Å². The Balaban J connectivity index is 1.04. The number of anilines is 3. The minimum Gasteiger partial charge on any atom is -0.310 e. The lowest BCUT2D eigenvalue weighted by Crippen LogP contribution is -2.14. The summed E-state index contributed by atoms with van der Waals surface area (Å²) >= 11 is 1.87. The van der Waals surface area contributed by atoms with Crippen LogP contribution < -0.4 is 4.90 Å². The van der Waals surface area contributed by atoms with Crippen LogP contribution in [0.15, 0.2) is 200 Å². The molecule has 1 aliphatic carbocycles. The molecule has 270 valence electrons. The summed E-state index contributed by atoms with van der Waals surface area (Å²) in [6, 6.07) is 73.8. The minimum absolute atomic E-state index is 0.0434. The SMILES string of the molecule is CC1(C)c2ccccc2-c2ccc(-c3ccc(N(c4ccc(-c5cccc6sc7ccccc7c56)cc4)c4ccccc4-c4cccc5ccccc45)cc3)cc21. The van der Waals surface area contributed by atoms with Crippen LogP contribution in [0.2, 0.25) is 0 Å². The molecule has 1 heterocycles. The molecule has 0 saturated carbocycles. The molecule has 0 aliphatic heterocycles. The molecule has 0 saturated heterocycles. The zero-order chi connectivity index (χ0) is 38.1. The second kappa shape index (κ2) is 13.2. The standard InChI is InChI=1S/C55H39NS/c1-55(2)49-21-8-5-16-45(49)46-34-29-39(35-50(46)55)36-25-30-40(31-26-36)56(51-22-9-6-17-47(51)44-20-11-14-37-13-3-4-15-42(37)44)41-32-27-38(28-33-41)43-19-12-24-53-54(43)48-18-7-10-23-52(48)57-53/h3-35H,1-2H3. The Morgan fingerprint density at radius 1 is 0.386 bits per heavy atom. The molecule has 1 aliphatic rings. The van der Waals surface area contributed by atoms with Gasteiger partial charge in [-0.2, -0.15) is 0 Å². The van der Waals surface area contributed by atoms with Crippen LogP contribution in [0.4, 0.5) is 17.1 Å². The maximum Gasteiger partial charge on any atom is 0.0540 e. The monoisotopic (exact) mass is 745 g/mol. The molecule has 1 nitrogen and oxygen atoms in total. The van der Waals surface area contributed by atoms with Crippen molar-refractivity contribution in [3.05, 3.63) is 211 Å². The van der Waals surface area contributed by atoms with Gasteiger partial charge < -0.3 is 4.90 Å². The van der Waals surface area contributed by atoms with Crippen LogP contribution >= 0.6 is 11.3 Å². The van der Waals surface area contributed by atoms with E-state index < -0.39 is 0 Å². The molecule has 57 heavy (non-hydrogen) atoms. The number of hydrogen-bond acceptors (Lipinski definition) is 2. The van der Waals surface area contributed by atoms with Crippen molar-refractivity contribution in [2.45, 2.75) is 19.3 Å². The van der Waals surface area contributed by atoms with Crippen molar-refractivity contribution in [3.63, 3.8) is 0 Å². The lowest BCUT2D eigenvalue weighted by Gasteiger charge is -2.28. The Bertz CT molecular complexity index is 3140. The maximum absolute atomic E-state index is 2.42. The smallest absolute Gasteiger partial charge is 0.0540 e. The predicted molar refractivity (Wildman–Crippen MR) is 245 cm³/mol. The Morgan fingerprint density at radius 2 is 0.947 bits per heavy atom. The van der Waals surface area contributed by atoms with Crippen LogP contribution in [0.25, 0.3) is 75.5 Å². The van der Waals surface area contributed by atoms with Gasteiger partial charge in [-0.1, -0.05) is 166 Å². The van der Waals surface area contributed by atoms with E-state index in [-0.39, 0.29) is 5.41 Å². The van der Waals surface area contributed by atoms with Crippen molar-refractivity contribution >= 4 is 59.3 Å². The number of para-hydroxylation sites is 1. The van der Waals surface area contributed by atoms with Gasteiger partial charge in [0.1, 0.15) is 0 Å². The van der Waals surface area contributed by atoms with Crippen molar-refractivity contribution < 1.29 is 0 Å². The average Bonchev–Trinajstić information content (AvgIpc) is 3.76. The molecule has 0 spiro atoms. The lowest BCUT2D eigenvalue weighted by molar-refractivity contribution is 0.660. The van der Waals surface area contributed by atoms with Gasteiger partial charge in [0.05, 0.1) is 5.69 Å². The van der Waals surface area contributed by atoms with Gasteiger partial charge in [-0.3, -0.25) is 0 Å². The zero-order valence-corrected chi connectivity index (χ0v) is 32.7. The van der Waals surface area contributed by atoms with Gasteiger partial charge in [0.25, 0.3) is 0 Å². The largest absolute Gasteiger partial charge is 0.310 e. The Labute approximate surface area is 337 Å². The van der Waals surface area contributed by atoms with Gasteiger partial charge >= 0.3 is 0 Å². The zero-order valence-electron chi connectivity index (χ0n) is 31.9. The average molecular weight is 746 g/mol. The fourth-order valence-electron chi connectivity index (χ4n) is 9.28. The quantitative estimate of drug-likeness (QED) is 0.164. The van der Waals surface area contributed by atoms with Gasteiger partial charge in [0, 0.05) is 42.5 Å². The van der Waals surface area contributed by atoms with E-state index in [1.807, 2.05) is 11.3 Å². The first-order valence-electron chi connectivity index (χ1n) is 19.8. The molecule has 11 rings (SSSR count). The van der Waals surface area contributed by atoms with E-state index in [2.05, 4.69) is 219 Å². The van der Waals surface area contributed by atoms with E-state index in [0.29, 0.717) is 0 Å². The van der Waals surface area contributed by atoms with E-state index in [1.54, 1.807) is 0 Å². The highest BCUT2D eigenvalue weighted by molar-refractivity contribution is 7.25. The first-order chi connectivity index (χ1) is 28.0. The number of rotatable bonds is 6. The highest BCUT2D eigenvalue weighted by Crippen LogP contribution is 2.50. The molecule has 0 amide bonds. The molecule has 0 N–H and O–H groups in total.